The van der Waals surface area contributed by atoms with E-state index in [1.165, 1.54) is 0 Å². The summed E-state index contributed by atoms with van der Waals surface area (Å²) in [5, 5.41) is 0. The Kier molecular flexibility index (Phi) is 16.0. The Hall–Kier alpha value is 0.790. The van der Waals surface area contributed by atoms with Crippen molar-refractivity contribution in [3.8, 4) is 0 Å². The normalized spacial score (nSPS) is 6.00. The summed E-state index contributed by atoms with van der Waals surface area (Å²) in [4.78, 5) is 0. The minimum Gasteiger partial charge on any atom is -0.723 e. The zero-order chi connectivity index (χ0) is 6.24. The van der Waals surface area contributed by atoms with Gasteiger partial charge in [-0.1, -0.05) is 0 Å². The van der Waals surface area contributed by atoms with Crippen molar-refractivity contribution >= 4 is 23.3 Å². The number of hydrogen-bond donors (Lipinski definition) is 1. The van der Waals surface area contributed by atoms with Gasteiger partial charge in [-0.05, 0) is 0 Å². The van der Waals surface area contributed by atoms with Crippen molar-refractivity contribution in [1.29, 1.82) is 0 Å². The number of thiol groups is 1. The van der Waals surface area contributed by atoms with Crippen molar-refractivity contribution in [3.63, 3.8) is 0 Å². The molecule has 0 aromatic heterocycles. The Balaban J connectivity index is 0. The molecule has 0 amide bonds. The van der Waals surface area contributed by atoms with Gasteiger partial charge in [-0.25, -0.2) is 0 Å². The van der Waals surface area contributed by atoms with Crippen LogP contribution in [0.4, 0.5) is 0 Å². The third kappa shape index (κ3) is 8.79. The molecule has 1 aromatic carbocycles. The fraction of sp³-hybridized carbons (Fsp3) is 0. The summed E-state index contributed by atoms with van der Waals surface area (Å²) >= 11 is 6.89. The van der Waals surface area contributed by atoms with Crippen LogP contribution in [0.1, 0.15) is 0 Å². The quantitative estimate of drug-likeness (QED) is 0.280. The first-order valence-corrected chi connectivity index (χ1v) is 3.55. The first-order chi connectivity index (χ1) is 4.00. The molecule has 1 aromatic rings. The van der Waals surface area contributed by atoms with Crippen molar-refractivity contribution in [2.24, 2.45) is 0 Å². The average Bonchev–Trinajstić information content (AvgIpc) is 1.96. The maximum absolute atomic E-state index is 3.78. The standard InChI is InChI=1S/C6H5.H2S2.Sc/c1-2-4-6-5-3-1;1-2;/h1-5H;1-2H;/q-1;;/p-1. The van der Waals surface area contributed by atoms with E-state index in [1.54, 1.807) is 0 Å². The van der Waals surface area contributed by atoms with E-state index in [4.69, 9.17) is 0 Å². The van der Waals surface area contributed by atoms with E-state index < -0.39 is 0 Å². The van der Waals surface area contributed by atoms with Gasteiger partial charge in [-0.3, -0.25) is 0 Å². The second kappa shape index (κ2) is 11.6. The molecule has 0 atom stereocenters. The van der Waals surface area contributed by atoms with Gasteiger partial charge >= 0.3 is 0 Å². The molecular formula is C6H6S2Sc-2. The average molecular weight is 187 g/mol. The summed E-state index contributed by atoms with van der Waals surface area (Å²) in [6.07, 6.45) is 0. The van der Waals surface area contributed by atoms with Crippen molar-refractivity contribution in [1.82, 2.24) is 0 Å². The van der Waals surface area contributed by atoms with E-state index in [0.717, 1.165) is 0 Å². The molecular weight excluding hydrogens is 181 g/mol. The van der Waals surface area contributed by atoms with Gasteiger partial charge in [0.1, 0.15) is 0 Å². The Bertz CT molecular complexity index is 83.0. The molecule has 0 fully saturated rings. The second-order valence-corrected chi connectivity index (χ2v) is 1.08. The summed E-state index contributed by atoms with van der Waals surface area (Å²) in [7, 11) is 0. The molecule has 47 valence electrons. The number of rotatable bonds is 0. The van der Waals surface area contributed by atoms with Crippen molar-refractivity contribution in [3.05, 3.63) is 36.4 Å². The Morgan fingerprint density at radius 2 is 1.44 bits per heavy atom. The molecule has 0 spiro atoms. The molecule has 1 rings (SSSR count). The zero-order valence-corrected chi connectivity index (χ0v) is 8.33. The summed E-state index contributed by atoms with van der Waals surface area (Å²) in [6, 6.07) is 12.5. The van der Waals surface area contributed by atoms with Crippen LogP contribution in [0.3, 0.4) is 0 Å². The third-order valence-corrected chi connectivity index (χ3v) is 0.607. The van der Waals surface area contributed by atoms with Crippen LogP contribution < -0.4 is 0 Å². The maximum atomic E-state index is 3.78. The Labute approximate surface area is 85.1 Å². The predicted octanol–water partition coefficient (Wildman–Crippen LogP) is 1.86. The number of hydrogen-bond acceptors (Lipinski definition) is 2. The molecule has 9 heavy (non-hydrogen) atoms. The minimum atomic E-state index is 0. The van der Waals surface area contributed by atoms with Crippen molar-refractivity contribution < 1.29 is 25.8 Å². The van der Waals surface area contributed by atoms with Gasteiger partial charge in [0.2, 0.25) is 0 Å². The van der Waals surface area contributed by atoms with Gasteiger partial charge < -0.3 is 23.3 Å². The Morgan fingerprint density at radius 1 is 1.00 bits per heavy atom. The van der Waals surface area contributed by atoms with Crippen LogP contribution in [-0.2, 0) is 37.5 Å². The Morgan fingerprint density at radius 3 is 1.56 bits per heavy atom. The molecule has 0 aliphatic carbocycles. The van der Waals surface area contributed by atoms with E-state index in [-0.39, 0.29) is 25.8 Å². The molecule has 0 N–H and O–H groups in total. The van der Waals surface area contributed by atoms with Crippen LogP contribution >= 0.6 is 11.7 Å². The molecule has 0 aliphatic heterocycles. The van der Waals surface area contributed by atoms with Crippen molar-refractivity contribution in [2.75, 3.05) is 0 Å². The van der Waals surface area contributed by atoms with Gasteiger partial charge in [0.25, 0.3) is 0 Å². The minimum absolute atomic E-state index is 0. The first-order valence-electron chi connectivity index (χ1n) is 2.09. The molecule has 0 saturated heterocycles. The maximum Gasteiger partial charge on any atom is 0 e. The second-order valence-electron chi connectivity index (χ2n) is 1.08. The van der Waals surface area contributed by atoms with Crippen molar-refractivity contribution in [2.45, 2.75) is 0 Å². The van der Waals surface area contributed by atoms with Crippen LogP contribution in [0, 0.1) is 6.07 Å². The van der Waals surface area contributed by atoms with Gasteiger partial charge in [0.05, 0.1) is 0 Å². The van der Waals surface area contributed by atoms with Gasteiger partial charge in [0, 0.05) is 25.8 Å². The smallest absolute Gasteiger partial charge is 0 e. The fourth-order valence-electron chi connectivity index (χ4n) is 0.342. The summed E-state index contributed by atoms with van der Waals surface area (Å²) in [5.41, 5.74) is 0. The molecule has 1 radical (unpaired) electrons. The third-order valence-electron chi connectivity index (χ3n) is 0.607. The van der Waals surface area contributed by atoms with Crippen LogP contribution in [0.5, 0.6) is 0 Å². The molecule has 3 heteroatoms. The molecule has 0 aliphatic rings. The largest absolute Gasteiger partial charge is 0.723 e. The fourth-order valence-corrected chi connectivity index (χ4v) is 0.342. The van der Waals surface area contributed by atoms with Crippen LogP contribution in [0.15, 0.2) is 30.3 Å². The molecule has 0 nitrogen and oxygen atoms in total. The molecule has 0 saturated carbocycles. The van der Waals surface area contributed by atoms with E-state index in [2.05, 4.69) is 29.4 Å². The first kappa shape index (κ1) is 12.5. The van der Waals surface area contributed by atoms with E-state index in [9.17, 15) is 0 Å². The van der Waals surface area contributed by atoms with Gasteiger partial charge in [-0.15, -0.1) is 0 Å². The molecule has 0 heterocycles. The number of benzene rings is 1. The zero-order valence-electron chi connectivity index (χ0n) is 4.82. The summed E-state index contributed by atoms with van der Waals surface area (Å²) < 4.78 is 0. The van der Waals surface area contributed by atoms with Crippen LogP contribution in [0.25, 0.3) is 0 Å². The SMILES string of the molecule is [S-]S.[Sc].[c-]1ccccc1. The van der Waals surface area contributed by atoms with Crippen LogP contribution in [0.2, 0.25) is 0 Å². The van der Waals surface area contributed by atoms with E-state index >= 15 is 0 Å². The predicted molar refractivity (Wildman–Crippen MR) is 41.6 cm³/mol. The summed E-state index contributed by atoms with van der Waals surface area (Å²) in [5.74, 6) is 0. The van der Waals surface area contributed by atoms with E-state index in [0.29, 0.717) is 0 Å². The topological polar surface area (TPSA) is 0 Å². The summed E-state index contributed by atoms with van der Waals surface area (Å²) in [6.45, 7) is 0. The van der Waals surface area contributed by atoms with Gasteiger partial charge in [-0.2, -0.15) is 36.4 Å². The van der Waals surface area contributed by atoms with Gasteiger partial charge in [0.15, 0.2) is 0 Å². The van der Waals surface area contributed by atoms with E-state index in [1.807, 2.05) is 30.3 Å². The monoisotopic (exact) mass is 187 g/mol. The molecule has 0 bridgehead atoms. The molecule has 0 unspecified atom stereocenters. The van der Waals surface area contributed by atoms with Crippen LogP contribution in [-0.4, -0.2) is 0 Å².